The highest BCUT2D eigenvalue weighted by Crippen LogP contribution is 2.26. The highest BCUT2D eigenvalue weighted by Gasteiger charge is 2.21. The molecule has 0 saturated heterocycles. The summed E-state index contributed by atoms with van der Waals surface area (Å²) in [5, 5.41) is 6.46. The van der Waals surface area contributed by atoms with Crippen molar-refractivity contribution in [1.29, 1.82) is 0 Å². The second kappa shape index (κ2) is 12.0. The summed E-state index contributed by atoms with van der Waals surface area (Å²) < 4.78 is 0. The van der Waals surface area contributed by atoms with Gasteiger partial charge in [0.2, 0.25) is 0 Å². The van der Waals surface area contributed by atoms with Gasteiger partial charge in [-0.25, -0.2) is 0 Å². The van der Waals surface area contributed by atoms with Crippen molar-refractivity contribution in [2.24, 2.45) is 0 Å². The number of carbonyl (C=O) groups is 2. The van der Waals surface area contributed by atoms with E-state index in [1.165, 1.54) is 12.8 Å². The van der Waals surface area contributed by atoms with E-state index in [2.05, 4.69) is 20.6 Å². The summed E-state index contributed by atoms with van der Waals surface area (Å²) in [5.74, 6) is -0.195. The van der Waals surface area contributed by atoms with Gasteiger partial charge in [-0.15, -0.1) is 0 Å². The third-order valence-corrected chi connectivity index (χ3v) is 6.03. The zero-order valence-electron chi connectivity index (χ0n) is 19.4. The molecule has 1 aromatic carbocycles. The second-order valence-corrected chi connectivity index (χ2v) is 8.52. The van der Waals surface area contributed by atoms with Crippen molar-refractivity contribution in [3.8, 4) is 0 Å². The lowest BCUT2D eigenvalue weighted by Crippen LogP contribution is -2.34. The van der Waals surface area contributed by atoms with Crippen LogP contribution in [0.2, 0.25) is 0 Å². The van der Waals surface area contributed by atoms with E-state index in [0.717, 1.165) is 42.6 Å². The summed E-state index contributed by atoms with van der Waals surface area (Å²) in [6.45, 7) is 2.56. The van der Waals surface area contributed by atoms with Gasteiger partial charge in [-0.2, -0.15) is 0 Å². The van der Waals surface area contributed by atoms with Gasteiger partial charge in [0, 0.05) is 61.2 Å². The Hall–Kier alpha value is -3.58. The smallest absolute Gasteiger partial charge is 0.258 e. The number of benzene rings is 1. The number of fused-ring (bicyclic) bond motifs is 1. The van der Waals surface area contributed by atoms with Crippen LogP contribution >= 0.6 is 0 Å². The van der Waals surface area contributed by atoms with E-state index < -0.39 is 0 Å². The summed E-state index contributed by atoms with van der Waals surface area (Å²) in [4.78, 5) is 36.3. The lowest BCUT2D eigenvalue weighted by atomic mass is 10.0. The lowest BCUT2D eigenvalue weighted by Gasteiger charge is -2.27. The zero-order chi connectivity index (χ0) is 23.6. The van der Waals surface area contributed by atoms with Gasteiger partial charge in [-0.3, -0.25) is 19.6 Å². The predicted molar refractivity (Wildman–Crippen MR) is 133 cm³/mol. The Morgan fingerprint density at radius 2 is 1.74 bits per heavy atom. The van der Waals surface area contributed by atoms with Gasteiger partial charge in [-0.1, -0.05) is 25.3 Å². The van der Waals surface area contributed by atoms with Crippen LogP contribution < -0.4 is 15.5 Å². The molecule has 1 aliphatic heterocycles. The van der Waals surface area contributed by atoms with Gasteiger partial charge in [-0.05, 0) is 66.9 Å². The molecule has 2 aromatic heterocycles. The normalized spacial score (nSPS) is 14.9. The molecule has 2 amide bonds. The van der Waals surface area contributed by atoms with E-state index in [1.54, 1.807) is 43.0 Å². The quantitative estimate of drug-likeness (QED) is 0.616. The van der Waals surface area contributed by atoms with Crippen LogP contribution in [-0.4, -0.2) is 34.9 Å². The third kappa shape index (κ3) is 6.26. The summed E-state index contributed by atoms with van der Waals surface area (Å²) >= 11 is 0. The van der Waals surface area contributed by atoms with Gasteiger partial charge in [0.25, 0.3) is 11.8 Å². The van der Waals surface area contributed by atoms with Crippen LogP contribution in [0.15, 0.2) is 67.3 Å². The van der Waals surface area contributed by atoms with E-state index in [4.69, 9.17) is 0 Å². The molecule has 3 aromatic rings. The van der Waals surface area contributed by atoms with Gasteiger partial charge in [0.15, 0.2) is 0 Å². The minimum Gasteiger partial charge on any atom is -0.348 e. The van der Waals surface area contributed by atoms with Crippen LogP contribution in [0, 0.1) is 0 Å². The summed E-state index contributed by atoms with van der Waals surface area (Å²) in [7, 11) is 0. The lowest BCUT2D eigenvalue weighted by molar-refractivity contribution is 0.0949. The molecule has 0 atom stereocenters. The third-order valence-electron chi connectivity index (χ3n) is 6.03. The maximum atomic E-state index is 13.5. The molecular formula is C27H31N5O2. The number of anilines is 1. The second-order valence-electron chi connectivity index (χ2n) is 8.52. The first-order valence-electron chi connectivity index (χ1n) is 11.9. The molecule has 0 saturated carbocycles. The van der Waals surface area contributed by atoms with Crippen LogP contribution in [0.1, 0.15) is 63.9 Å². The SMILES string of the molecule is O=C(NCc1cccnc1)c1ccc2c(c1)CNCCCCCCCN2C(=O)c1ccncc1. The van der Waals surface area contributed by atoms with Crippen molar-refractivity contribution < 1.29 is 9.59 Å². The first kappa shape index (κ1) is 23.6. The molecule has 4 rings (SSSR count). The molecule has 2 N–H and O–H groups in total. The average molecular weight is 458 g/mol. The Balaban J connectivity index is 1.60. The molecule has 0 bridgehead atoms. The number of nitrogens with zero attached hydrogens (tertiary/aromatic N) is 3. The molecule has 0 spiro atoms. The summed E-state index contributed by atoms with van der Waals surface area (Å²) in [6, 6.07) is 12.9. The monoisotopic (exact) mass is 457 g/mol. The van der Waals surface area contributed by atoms with Crippen LogP contribution in [0.4, 0.5) is 5.69 Å². The standard InChI is InChI=1S/C27H31N5O2/c33-26(31-19-21-7-6-13-29-18-21)23-8-9-25-24(17-23)20-30-12-4-2-1-3-5-16-32(25)27(34)22-10-14-28-15-11-22/h6-11,13-15,17-18,30H,1-5,12,16,19-20H2,(H,31,33). The van der Waals surface area contributed by atoms with Gasteiger partial charge < -0.3 is 15.5 Å². The van der Waals surface area contributed by atoms with Crippen molar-refractivity contribution in [2.75, 3.05) is 18.0 Å². The number of rotatable bonds is 4. The number of carbonyl (C=O) groups excluding carboxylic acids is 2. The highest BCUT2D eigenvalue weighted by atomic mass is 16.2. The molecular weight excluding hydrogens is 426 g/mol. The van der Waals surface area contributed by atoms with Crippen LogP contribution in [0.5, 0.6) is 0 Å². The molecule has 0 aliphatic carbocycles. The highest BCUT2D eigenvalue weighted by molar-refractivity contribution is 6.06. The molecule has 34 heavy (non-hydrogen) atoms. The van der Waals surface area contributed by atoms with Crippen LogP contribution in [-0.2, 0) is 13.1 Å². The number of nitrogens with one attached hydrogen (secondary N) is 2. The molecule has 0 unspecified atom stereocenters. The predicted octanol–water partition coefficient (Wildman–Crippen LogP) is 4.11. The van der Waals surface area contributed by atoms with Crippen molar-refractivity contribution in [3.05, 3.63) is 89.5 Å². The van der Waals surface area contributed by atoms with E-state index in [-0.39, 0.29) is 11.8 Å². The summed E-state index contributed by atoms with van der Waals surface area (Å²) in [5.41, 5.74) is 3.92. The maximum absolute atomic E-state index is 13.5. The van der Waals surface area contributed by atoms with Crippen molar-refractivity contribution in [1.82, 2.24) is 20.6 Å². The van der Waals surface area contributed by atoms with E-state index in [0.29, 0.717) is 30.8 Å². The first-order chi connectivity index (χ1) is 16.7. The molecule has 176 valence electrons. The Bertz CT molecular complexity index is 1090. The zero-order valence-corrected chi connectivity index (χ0v) is 19.4. The molecule has 0 radical (unpaired) electrons. The molecule has 0 fully saturated rings. The van der Waals surface area contributed by atoms with Crippen molar-refractivity contribution >= 4 is 17.5 Å². The van der Waals surface area contributed by atoms with Gasteiger partial charge in [0.1, 0.15) is 0 Å². The fourth-order valence-electron chi connectivity index (χ4n) is 4.17. The number of amides is 2. The van der Waals surface area contributed by atoms with Crippen LogP contribution in [0.25, 0.3) is 0 Å². The van der Waals surface area contributed by atoms with E-state index >= 15 is 0 Å². The number of aromatic nitrogens is 2. The average Bonchev–Trinajstić information content (AvgIpc) is 2.88. The fourth-order valence-corrected chi connectivity index (χ4v) is 4.17. The van der Waals surface area contributed by atoms with Gasteiger partial charge >= 0.3 is 0 Å². The largest absolute Gasteiger partial charge is 0.348 e. The summed E-state index contributed by atoms with van der Waals surface area (Å²) in [6.07, 6.45) is 12.2. The minimum absolute atomic E-state index is 0.0468. The van der Waals surface area contributed by atoms with Crippen molar-refractivity contribution in [2.45, 2.75) is 45.2 Å². The molecule has 7 heteroatoms. The van der Waals surface area contributed by atoms with E-state index in [9.17, 15) is 9.59 Å². The van der Waals surface area contributed by atoms with Crippen molar-refractivity contribution in [3.63, 3.8) is 0 Å². The van der Waals surface area contributed by atoms with E-state index in [1.807, 2.05) is 29.2 Å². The Labute approximate surface area is 200 Å². The fraction of sp³-hybridized carbons (Fsp3) is 0.333. The first-order valence-corrected chi connectivity index (χ1v) is 11.9. The minimum atomic E-state index is -0.148. The number of pyridine rings is 2. The maximum Gasteiger partial charge on any atom is 0.258 e. The van der Waals surface area contributed by atoms with Gasteiger partial charge in [0.05, 0.1) is 0 Å². The number of hydrogen-bond acceptors (Lipinski definition) is 5. The molecule has 1 aliphatic rings. The Morgan fingerprint density at radius 3 is 2.56 bits per heavy atom. The topological polar surface area (TPSA) is 87.2 Å². The van der Waals surface area contributed by atoms with Crippen LogP contribution in [0.3, 0.4) is 0 Å². The Morgan fingerprint density at radius 1 is 0.912 bits per heavy atom. The number of hydrogen-bond donors (Lipinski definition) is 2. The Kier molecular flexibility index (Phi) is 8.35. The molecule has 7 nitrogen and oxygen atoms in total. The molecule has 3 heterocycles.